The molecule has 1 fully saturated rings. The van der Waals surface area contributed by atoms with Crippen molar-refractivity contribution in [1.29, 1.82) is 0 Å². The van der Waals surface area contributed by atoms with Crippen LogP contribution in [0.3, 0.4) is 0 Å². The number of benzene rings is 1. The van der Waals surface area contributed by atoms with Crippen LogP contribution in [0.1, 0.15) is 11.4 Å². The van der Waals surface area contributed by atoms with Crippen molar-refractivity contribution in [1.82, 2.24) is 15.0 Å². The van der Waals surface area contributed by atoms with Crippen molar-refractivity contribution < 1.29 is 4.74 Å². The molecule has 0 atom stereocenters. The fourth-order valence-corrected chi connectivity index (χ4v) is 2.26. The number of hydrogen-bond acceptors (Lipinski definition) is 4. The number of imidazole rings is 1. The van der Waals surface area contributed by atoms with Crippen LogP contribution in [0.25, 0.3) is 11.0 Å². The van der Waals surface area contributed by atoms with Crippen molar-refractivity contribution in [2.24, 2.45) is 12.9 Å². The van der Waals surface area contributed by atoms with Crippen molar-refractivity contribution in [3.63, 3.8) is 0 Å². The molecule has 0 saturated carbocycles. The van der Waals surface area contributed by atoms with Gasteiger partial charge in [0, 0.05) is 7.05 Å². The first-order valence-electron chi connectivity index (χ1n) is 5.65. The average Bonchev–Trinajstić information content (AvgIpc) is 2.54. The van der Waals surface area contributed by atoms with E-state index in [1.165, 1.54) is 0 Å². The molecule has 90 valence electrons. The molecule has 3 N–H and O–H groups in total. The Hall–Kier alpha value is -1.43. The van der Waals surface area contributed by atoms with Gasteiger partial charge in [0.05, 0.1) is 24.2 Å². The fraction of sp³-hybridized carbons (Fsp3) is 0.417. The summed E-state index contributed by atoms with van der Waals surface area (Å²) >= 11 is 0. The number of hydrazine groups is 1. The summed E-state index contributed by atoms with van der Waals surface area (Å²) in [7, 11) is 2.02. The first-order valence-corrected chi connectivity index (χ1v) is 5.65. The normalized spacial score (nSPS) is 18.3. The van der Waals surface area contributed by atoms with Crippen LogP contribution in [0.4, 0.5) is 0 Å². The van der Waals surface area contributed by atoms with E-state index in [1.54, 1.807) is 0 Å². The minimum atomic E-state index is -0.236. The Morgan fingerprint density at radius 1 is 1.47 bits per heavy atom. The minimum Gasteiger partial charge on any atom is -0.377 e. The topological polar surface area (TPSA) is 65.1 Å². The van der Waals surface area contributed by atoms with E-state index in [4.69, 9.17) is 10.6 Å². The number of aryl methyl sites for hydroxylation is 2. The van der Waals surface area contributed by atoms with Gasteiger partial charge in [-0.15, -0.1) is 0 Å². The summed E-state index contributed by atoms with van der Waals surface area (Å²) < 4.78 is 7.34. The van der Waals surface area contributed by atoms with Gasteiger partial charge in [-0.25, -0.2) is 10.4 Å². The lowest BCUT2D eigenvalue weighted by Crippen LogP contribution is -2.60. The molecule has 0 aliphatic carbocycles. The molecule has 2 aromatic rings. The standard InChI is InChI=1S/C12H16N4O/c1-8-14-10-5-9(3-4-11(10)16(8)2)12(15-13)6-17-7-12/h3-5,15H,6-7,13H2,1-2H3. The van der Waals surface area contributed by atoms with Gasteiger partial charge in [0.25, 0.3) is 0 Å². The predicted molar refractivity (Wildman–Crippen MR) is 65.3 cm³/mol. The van der Waals surface area contributed by atoms with Crippen LogP contribution in [0.5, 0.6) is 0 Å². The molecule has 1 aliphatic heterocycles. The van der Waals surface area contributed by atoms with Crippen LogP contribution in [-0.4, -0.2) is 22.8 Å². The third-order valence-corrected chi connectivity index (χ3v) is 3.63. The molecule has 1 saturated heterocycles. The second-order valence-electron chi connectivity index (χ2n) is 4.64. The molecule has 3 rings (SSSR count). The number of ether oxygens (including phenoxy) is 1. The molecule has 2 heterocycles. The van der Waals surface area contributed by atoms with Gasteiger partial charge in [0.1, 0.15) is 11.4 Å². The van der Waals surface area contributed by atoms with E-state index in [1.807, 2.05) is 14.0 Å². The van der Waals surface area contributed by atoms with Gasteiger partial charge >= 0.3 is 0 Å². The van der Waals surface area contributed by atoms with Gasteiger partial charge in [-0.2, -0.15) is 0 Å². The molecule has 1 aromatic carbocycles. The molecule has 0 radical (unpaired) electrons. The zero-order chi connectivity index (χ0) is 12.0. The lowest BCUT2D eigenvalue weighted by molar-refractivity contribution is -0.0786. The third-order valence-electron chi connectivity index (χ3n) is 3.63. The fourth-order valence-electron chi connectivity index (χ4n) is 2.26. The highest BCUT2D eigenvalue weighted by Crippen LogP contribution is 2.30. The molecule has 0 bridgehead atoms. The van der Waals surface area contributed by atoms with Gasteiger partial charge in [-0.1, -0.05) is 6.07 Å². The molecule has 1 aromatic heterocycles. The molecule has 17 heavy (non-hydrogen) atoms. The summed E-state index contributed by atoms with van der Waals surface area (Å²) in [6.45, 7) is 3.23. The van der Waals surface area contributed by atoms with Gasteiger partial charge in [0.2, 0.25) is 0 Å². The summed E-state index contributed by atoms with van der Waals surface area (Å²) in [5.74, 6) is 6.64. The Kier molecular flexibility index (Phi) is 2.22. The second kappa shape index (κ2) is 3.53. The molecule has 0 unspecified atom stereocenters. The Labute approximate surface area is 99.5 Å². The van der Waals surface area contributed by atoms with Gasteiger partial charge in [-0.05, 0) is 24.6 Å². The van der Waals surface area contributed by atoms with Crippen molar-refractivity contribution in [3.05, 3.63) is 29.6 Å². The van der Waals surface area contributed by atoms with E-state index in [0.717, 1.165) is 22.4 Å². The van der Waals surface area contributed by atoms with Crippen LogP contribution in [0.2, 0.25) is 0 Å². The highest BCUT2D eigenvalue weighted by Gasteiger charge is 2.39. The highest BCUT2D eigenvalue weighted by molar-refractivity contribution is 5.77. The number of aromatic nitrogens is 2. The number of rotatable bonds is 2. The zero-order valence-electron chi connectivity index (χ0n) is 10.0. The van der Waals surface area contributed by atoms with Crippen molar-refractivity contribution in [2.45, 2.75) is 12.5 Å². The number of fused-ring (bicyclic) bond motifs is 1. The molecule has 5 heteroatoms. The Morgan fingerprint density at radius 3 is 2.82 bits per heavy atom. The second-order valence-corrected chi connectivity index (χ2v) is 4.64. The number of nitrogens with zero attached hydrogens (tertiary/aromatic N) is 2. The Bertz CT molecular complexity index is 566. The molecular formula is C12H16N4O. The Morgan fingerprint density at radius 2 is 2.24 bits per heavy atom. The summed E-state index contributed by atoms with van der Waals surface area (Å²) in [5, 5.41) is 0. The van der Waals surface area contributed by atoms with Crippen LogP contribution < -0.4 is 11.3 Å². The van der Waals surface area contributed by atoms with E-state index in [9.17, 15) is 0 Å². The van der Waals surface area contributed by atoms with E-state index >= 15 is 0 Å². The number of nitrogens with two attached hydrogens (primary N) is 1. The summed E-state index contributed by atoms with van der Waals surface area (Å²) in [5.41, 5.74) is 5.90. The van der Waals surface area contributed by atoms with Crippen LogP contribution in [0.15, 0.2) is 18.2 Å². The molecular weight excluding hydrogens is 216 g/mol. The molecule has 0 amide bonds. The maximum atomic E-state index is 5.62. The lowest BCUT2D eigenvalue weighted by atomic mass is 9.88. The maximum Gasteiger partial charge on any atom is 0.106 e. The van der Waals surface area contributed by atoms with Crippen molar-refractivity contribution in [3.8, 4) is 0 Å². The monoisotopic (exact) mass is 232 g/mol. The largest absolute Gasteiger partial charge is 0.377 e. The number of hydrogen-bond donors (Lipinski definition) is 2. The summed E-state index contributed by atoms with van der Waals surface area (Å²) in [6.07, 6.45) is 0. The van der Waals surface area contributed by atoms with E-state index < -0.39 is 0 Å². The average molecular weight is 232 g/mol. The summed E-state index contributed by atoms with van der Waals surface area (Å²) in [6, 6.07) is 6.26. The maximum absolute atomic E-state index is 5.62. The highest BCUT2D eigenvalue weighted by atomic mass is 16.5. The van der Waals surface area contributed by atoms with Crippen LogP contribution >= 0.6 is 0 Å². The molecule has 1 aliphatic rings. The van der Waals surface area contributed by atoms with Gasteiger partial charge < -0.3 is 9.30 Å². The van der Waals surface area contributed by atoms with Crippen molar-refractivity contribution in [2.75, 3.05) is 13.2 Å². The SMILES string of the molecule is Cc1nc2cc(C3(NN)COC3)ccc2n1C. The van der Waals surface area contributed by atoms with Crippen molar-refractivity contribution >= 4 is 11.0 Å². The lowest BCUT2D eigenvalue weighted by Gasteiger charge is -2.41. The Balaban J connectivity index is 2.13. The van der Waals surface area contributed by atoms with E-state index in [2.05, 4.69) is 33.2 Å². The first-order chi connectivity index (χ1) is 8.16. The van der Waals surface area contributed by atoms with Crippen LogP contribution in [0, 0.1) is 6.92 Å². The minimum absolute atomic E-state index is 0.236. The quantitative estimate of drug-likeness (QED) is 0.587. The van der Waals surface area contributed by atoms with Gasteiger partial charge in [-0.3, -0.25) is 5.84 Å². The zero-order valence-corrected chi connectivity index (χ0v) is 10.0. The molecule has 5 nitrogen and oxygen atoms in total. The predicted octanol–water partition coefficient (Wildman–Crippen LogP) is 0.571. The van der Waals surface area contributed by atoms with Crippen LogP contribution in [-0.2, 0) is 17.3 Å². The van der Waals surface area contributed by atoms with Gasteiger partial charge in [0.15, 0.2) is 0 Å². The molecule has 0 spiro atoms. The first kappa shape index (κ1) is 10.7. The smallest absolute Gasteiger partial charge is 0.106 e. The number of nitrogens with one attached hydrogen (secondary N) is 1. The van der Waals surface area contributed by atoms with E-state index in [-0.39, 0.29) is 5.54 Å². The summed E-state index contributed by atoms with van der Waals surface area (Å²) in [4.78, 5) is 4.53. The van der Waals surface area contributed by atoms with E-state index in [0.29, 0.717) is 13.2 Å². The third kappa shape index (κ3) is 1.40.